The van der Waals surface area contributed by atoms with E-state index < -0.39 is 0 Å². The lowest BCUT2D eigenvalue weighted by molar-refractivity contribution is -0.121. The number of amides is 1. The third-order valence-electron chi connectivity index (χ3n) is 6.68. The number of fused-ring (bicyclic) bond motifs is 1. The molecule has 1 amide bonds. The largest absolute Gasteiger partial charge is 0.379 e. The number of halogens is 1. The lowest BCUT2D eigenvalue weighted by atomic mass is 9.79. The third kappa shape index (κ3) is 4.18. The van der Waals surface area contributed by atoms with Gasteiger partial charge in [-0.15, -0.1) is 0 Å². The first-order valence-corrected chi connectivity index (χ1v) is 10.8. The number of aryl methyl sites for hydroxylation is 1. The second-order valence-electron chi connectivity index (χ2n) is 8.43. The van der Waals surface area contributed by atoms with Crippen LogP contribution < -0.4 is 10.2 Å². The molecule has 2 fully saturated rings. The molecule has 0 radical (unpaired) electrons. The number of hydrogen-bond acceptors (Lipinski definition) is 4. The van der Waals surface area contributed by atoms with Crippen LogP contribution >= 0.6 is 0 Å². The molecule has 1 saturated carbocycles. The van der Waals surface area contributed by atoms with E-state index in [4.69, 9.17) is 4.74 Å². The molecule has 0 spiro atoms. The Morgan fingerprint density at radius 3 is 2.68 bits per heavy atom. The van der Waals surface area contributed by atoms with Crippen LogP contribution in [0.1, 0.15) is 44.1 Å². The lowest BCUT2D eigenvalue weighted by Crippen LogP contribution is -2.60. The van der Waals surface area contributed by atoms with Crippen LogP contribution in [-0.2, 0) is 16.0 Å². The van der Waals surface area contributed by atoms with Crippen molar-refractivity contribution in [1.29, 1.82) is 0 Å². The number of hydrogen-bond donors (Lipinski definition) is 1. The quantitative estimate of drug-likeness (QED) is 0.841. The average molecular weight is 390 g/mol. The molecule has 4 rings (SSSR count). The summed E-state index contributed by atoms with van der Waals surface area (Å²) in [6.45, 7) is 5.09. The predicted molar refractivity (Wildman–Crippen MR) is 108 cm³/mol. The van der Waals surface area contributed by atoms with Gasteiger partial charge in [-0.1, -0.05) is 31.4 Å². The summed E-state index contributed by atoms with van der Waals surface area (Å²) < 4.78 is 19.9. The molecule has 0 atom stereocenters. The van der Waals surface area contributed by atoms with Crippen molar-refractivity contribution < 1.29 is 13.9 Å². The van der Waals surface area contributed by atoms with E-state index in [1.165, 1.54) is 25.3 Å². The number of nitrogens with zero attached hydrogens (tertiary/aromatic N) is 2. The molecular weight excluding hydrogens is 357 g/mol. The maximum Gasteiger partial charge on any atom is 0.239 e. The maximum absolute atomic E-state index is 14.4. The number of carbonyl (C=O) groups excluding carboxylic acids is 1. The number of ether oxygens (including phenoxy) is 1. The zero-order chi connectivity index (χ0) is 19.4. The van der Waals surface area contributed by atoms with E-state index in [1.54, 1.807) is 6.07 Å². The lowest BCUT2D eigenvalue weighted by Gasteiger charge is -2.48. The first-order valence-electron chi connectivity index (χ1n) is 10.8. The summed E-state index contributed by atoms with van der Waals surface area (Å²) in [6.07, 6.45) is 7.83. The normalized spacial score (nSPS) is 22.5. The maximum atomic E-state index is 14.4. The van der Waals surface area contributed by atoms with E-state index in [-0.39, 0.29) is 23.8 Å². The molecule has 1 aromatic rings. The minimum absolute atomic E-state index is 0.00527. The number of rotatable bonds is 5. The van der Waals surface area contributed by atoms with E-state index in [1.807, 2.05) is 11.0 Å². The molecule has 0 unspecified atom stereocenters. The van der Waals surface area contributed by atoms with Gasteiger partial charge in [-0.2, -0.15) is 0 Å². The van der Waals surface area contributed by atoms with Gasteiger partial charge in [0.1, 0.15) is 5.82 Å². The number of carbonyl (C=O) groups is 1. The van der Waals surface area contributed by atoms with Crippen molar-refractivity contribution in [3.05, 3.63) is 29.6 Å². The van der Waals surface area contributed by atoms with Gasteiger partial charge in [0.2, 0.25) is 5.91 Å². The summed E-state index contributed by atoms with van der Waals surface area (Å²) in [4.78, 5) is 17.2. The van der Waals surface area contributed by atoms with Crippen molar-refractivity contribution in [3.63, 3.8) is 0 Å². The standard InChI is InChI=1S/C22H32FN3O2/c23-19-8-4-6-18-7-5-11-25(21(18)19)16-20(27)24-17-22(9-2-1-3-10-22)26-12-14-28-15-13-26/h4,6,8H,1-3,5,7,9-17H2,(H,24,27). The van der Waals surface area contributed by atoms with Crippen LogP contribution in [-0.4, -0.2) is 62.3 Å². The van der Waals surface area contributed by atoms with Crippen molar-refractivity contribution >= 4 is 11.6 Å². The monoisotopic (exact) mass is 389 g/mol. The number of nitrogens with one attached hydrogen (secondary N) is 1. The second-order valence-corrected chi connectivity index (χ2v) is 8.43. The molecule has 0 bridgehead atoms. The SMILES string of the molecule is O=C(CN1CCCc2cccc(F)c21)NCC1(N2CCOCC2)CCCCC1. The highest BCUT2D eigenvalue weighted by Crippen LogP contribution is 2.34. The Bertz CT molecular complexity index is 684. The molecule has 154 valence electrons. The number of para-hydroxylation sites is 1. The average Bonchev–Trinajstić information content (AvgIpc) is 2.74. The van der Waals surface area contributed by atoms with Gasteiger partial charge in [0, 0.05) is 31.7 Å². The van der Waals surface area contributed by atoms with Crippen molar-refractivity contribution in [1.82, 2.24) is 10.2 Å². The molecular formula is C22H32FN3O2. The molecule has 2 aliphatic heterocycles. The molecule has 1 aromatic carbocycles. The van der Waals surface area contributed by atoms with Crippen LogP contribution in [0.25, 0.3) is 0 Å². The van der Waals surface area contributed by atoms with Crippen LogP contribution in [0.15, 0.2) is 18.2 Å². The number of anilines is 1. The predicted octanol–water partition coefficient (Wildman–Crippen LogP) is 2.73. The Morgan fingerprint density at radius 1 is 1.11 bits per heavy atom. The molecule has 1 N–H and O–H groups in total. The molecule has 1 aliphatic carbocycles. The van der Waals surface area contributed by atoms with Gasteiger partial charge in [-0.05, 0) is 37.3 Å². The van der Waals surface area contributed by atoms with Crippen molar-refractivity contribution in [2.45, 2.75) is 50.5 Å². The summed E-state index contributed by atoms with van der Waals surface area (Å²) in [5.41, 5.74) is 1.68. The number of benzene rings is 1. The summed E-state index contributed by atoms with van der Waals surface area (Å²) in [5.74, 6) is -0.226. The molecule has 2 heterocycles. The topological polar surface area (TPSA) is 44.8 Å². The Labute approximate surface area is 167 Å². The summed E-state index contributed by atoms with van der Waals surface area (Å²) in [7, 11) is 0. The number of morpholine rings is 1. The molecule has 5 nitrogen and oxygen atoms in total. The second kappa shape index (κ2) is 8.78. The van der Waals surface area contributed by atoms with Crippen molar-refractivity contribution in [3.8, 4) is 0 Å². The molecule has 6 heteroatoms. The fraction of sp³-hybridized carbons (Fsp3) is 0.682. The van der Waals surface area contributed by atoms with E-state index in [0.717, 1.165) is 64.1 Å². The fourth-order valence-electron chi connectivity index (χ4n) is 5.19. The highest BCUT2D eigenvalue weighted by atomic mass is 19.1. The summed E-state index contributed by atoms with van der Waals surface area (Å²) >= 11 is 0. The van der Waals surface area contributed by atoms with E-state index in [0.29, 0.717) is 12.2 Å². The highest BCUT2D eigenvalue weighted by Gasteiger charge is 2.39. The minimum Gasteiger partial charge on any atom is -0.379 e. The van der Waals surface area contributed by atoms with Crippen LogP contribution in [0, 0.1) is 5.82 Å². The fourth-order valence-corrected chi connectivity index (χ4v) is 5.19. The van der Waals surface area contributed by atoms with Crippen LogP contribution in [0.3, 0.4) is 0 Å². The van der Waals surface area contributed by atoms with Crippen molar-refractivity contribution in [2.24, 2.45) is 0 Å². The first-order chi connectivity index (χ1) is 13.7. The van der Waals surface area contributed by atoms with Gasteiger partial charge >= 0.3 is 0 Å². The summed E-state index contributed by atoms with van der Waals surface area (Å²) in [5, 5.41) is 3.20. The Morgan fingerprint density at radius 2 is 1.89 bits per heavy atom. The van der Waals surface area contributed by atoms with E-state index in [9.17, 15) is 9.18 Å². The Balaban J connectivity index is 1.40. The molecule has 1 saturated heterocycles. The van der Waals surface area contributed by atoms with Crippen LogP contribution in [0.4, 0.5) is 10.1 Å². The molecule has 28 heavy (non-hydrogen) atoms. The van der Waals surface area contributed by atoms with Crippen LogP contribution in [0.5, 0.6) is 0 Å². The Kier molecular flexibility index (Phi) is 6.16. The summed E-state index contributed by atoms with van der Waals surface area (Å²) in [6, 6.07) is 5.22. The van der Waals surface area contributed by atoms with Gasteiger partial charge in [-0.3, -0.25) is 9.69 Å². The van der Waals surface area contributed by atoms with E-state index in [2.05, 4.69) is 10.2 Å². The minimum atomic E-state index is -0.220. The third-order valence-corrected chi connectivity index (χ3v) is 6.68. The zero-order valence-electron chi connectivity index (χ0n) is 16.7. The van der Waals surface area contributed by atoms with Gasteiger partial charge in [0.15, 0.2) is 0 Å². The highest BCUT2D eigenvalue weighted by molar-refractivity contribution is 5.82. The zero-order valence-corrected chi connectivity index (χ0v) is 16.7. The Hall–Kier alpha value is -1.66. The van der Waals surface area contributed by atoms with Gasteiger partial charge in [0.25, 0.3) is 0 Å². The first kappa shape index (κ1) is 19.6. The van der Waals surface area contributed by atoms with Gasteiger partial charge in [0.05, 0.1) is 25.4 Å². The molecule has 3 aliphatic rings. The van der Waals surface area contributed by atoms with Crippen LogP contribution in [0.2, 0.25) is 0 Å². The molecule has 0 aromatic heterocycles. The van der Waals surface area contributed by atoms with E-state index >= 15 is 0 Å². The van der Waals surface area contributed by atoms with Crippen molar-refractivity contribution in [2.75, 3.05) is 50.8 Å². The van der Waals surface area contributed by atoms with Gasteiger partial charge < -0.3 is 15.0 Å². The smallest absolute Gasteiger partial charge is 0.239 e. The van der Waals surface area contributed by atoms with Gasteiger partial charge in [-0.25, -0.2) is 4.39 Å².